The van der Waals surface area contributed by atoms with Gasteiger partial charge in [0.2, 0.25) is 0 Å². The Labute approximate surface area is 100 Å². The molecule has 3 nitrogen and oxygen atoms in total. The number of carbonyl (C=O) groups excluding carboxylic acids is 1. The molecule has 1 amide bonds. The second-order valence-corrected chi connectivity index (χ2v) is 4.36. The summed E-state index contributed by atoms with van der Waals surface area (Å²) in [4.78, 5) is 13.0. The van der Waals surface area contributed by atoms with Crippen LogP contribution in [0.4, 0.5) is 4.79 Å². The minimum Gasteiger partial charge on any atom is -0.449 e. The summed E-state index contributed by atoms with van der Waals surface area (Å²) < 4.78 is 6.21. The molecule has 0 aromatic carbocycles. The molecular weight excluding hydrogens is 293 g/mol. The van der Waals surface area contributed by atoms with Crippen molar-refractivity contribution in [1.29, 1.82) is 0 Å². The van der Waals surface area contributed by atoms with Crippen molar-refractivity contribution < 1.29 is 9.53 Å². The summed E-state index contributed by atoms with van der Waals surface area (Å²) in [5.41, 5.74) is 0. The van der Waals surface area contributed by atoms with E-state index in [2.05, 4.69) is 29.5 Å². The van der Waals surface area contributed by atoms with Gasteiger partial charge in [0.05, 0.1) is 6.61 Å². The number of amides is 1. The van der Waals surface area contributed by atoms with Crippen molar-refractivity contribution in [2.75, 3.05) is 24.6 Å². The van der Waals surface area contributed by atoms with Gasteiger partial charge in [-0.15, -0.1) is 0 Å². The Bertz CT molecular complexity index is 153. The number of rotatable bonds is 7. The summed E-state index contributed by atoms with van der Waals surface area (Å²) >= 11 is 2.33. The normalized spacial score (nSPS) is 9.93. The predicted octanol–water partition coefficient (Wildman–Crippen LogP) is 3.07. The minimum atomic E-state index is -0.188. The van der Waals surface area contributed by atoms with E-state index < -0.39 is 0 Å². The average Bonchev–Trinajstić information content (AvgIpc) is 2.20. The van der Waals surface area contributed by atoms with Crippen molar-refractivity contribution in [2.24, 2.45) is 0 Å². The SMILES string of the molecule is CCCCN(C)C(=O)OCCCCI. The molecule has 0 aliphatic rings. The molecule has 0 unspecified atom stereocenters. The molecule has 0 aliphatic heterocycles. The van der Waals surface area contributed by atoms with Gasteiger partial charge in [-0.1, -0.05) is 35.9 Å². The third-order valence-electron chi connectivity index (χ3n) is 1.91. The number of ether oxygens (including phenoxy) is 1. The average molecular weight is 313 g/mol. The lowest BCUT2D eigenvalue weighted by atomic mass is 10.3. The van der Waals surface area contributed by atoms with Gasteiger partial charge in [-0.05, 0) is 23.7 Å². The number of unbranched alkanes of at least 4 members (excludes halogenated alkanes) is 2. The van der Waals surface area contributed by atoms with Crippen LogP contribution in [0.25, 0.3) is 0 Å². The maximum Gasteiger partial charge on any atom is 0.409 e. The Hall–Kier alpha value is 0. The fourth-order valence-corrected chi connectivity index (χ4v) is 1.49. The number of halogens is 1. The maximum absolute atomic E-state index is 11.3. The van der Waals surface area contributed by atoms with Gasteiger partial charge >= 0.3 is 6.09 Å². The maximum atomic E-state index is 11.3. The van der Waals surface area contributed by atoms with Crippen LogP contribution in [0, 0.1) is 0 Å². The van der Waals surface area contributed by atoms with Crippen LogP contribution < -0.4 is 0 Å². The van der Waals surface area contributed by atoms with E-state index >= 15 is 0 Å². The molecule has 0 radical (unpaired) electrons. The monoisotopic (exact) mass is 313 g/mol. The second-order valence-electron chi connectivity index (χ2n) is 3.29. The van der Waals surface area contributed by atoms with Gasteiger partial charge in [-0.2, -0.15) is 0 Å². The van der Waals surface area contributed by atoms with Crippen molar-refractivity contribution in [3.63, 3.8) is 0 Å². The van der Waals surface area contributed by atoms with E-state index in [1.807, 2.05) is 0 Å². The van der Waals surface area contributed by atoms with Crippen LogP contribution in [0.5, 0.6) is 0 Å². The first-order valence-electron chi connectivity index (χ1n) is 5.16. The molecule has 0 aromatic rings. The molecule has 0 spiro atoms. The summed E-state index contributed by atoms with van der Waals surface area (Å²) in [7, 11) is 1.79. The third-order valence-corrected chi connectivity index (χ3v) is 2.68. The Kier molecular flexibility index (Phi) is 9.55. The van der Waals surface area contributed by atoms with Crippen molar-refractivity contribution in [3.8, 4) is 0 Å². The zero-order chi connectivity index (χ0) is 10.8. The van der Waals surface area contributed by atoms with E-state index in [0.29, 0.717) is 6.61 Å². The van der Waals surface area contributed by atoms with Crippen LogP contribution in [-0.2, 0) is 4.74 Å². The first kappa shape index (κ1) is 14.0. The molecular formula is C10H20INO2. The first-order valence-corrected chi connectivity index (χ1v) is 6.68. The fraction of sp³-hybridized carbons (Fsp3) is 0.900. The van der Waals surface area contributed by atoms with Gasteiger partial charge in [-0.25, -0.2) is 4.79 Å². The minimum absolute atomic E-state index is 0.188. The summed E-state index contributed by atoms with van der Waals surface area (Å²) in [6, 6.07) is 0. The topological polar surface area (TPSA) is 29.5 Å². The van der Waals surface area contributed by atoms with Gasteiger partial charge in [0, 0.05) is 13.6 Å². The van der Waals surface area contributed by atoms with Crippen LogP contribution >= 0.6 is 22.6 Å². The largest absolute Gasteiger partial charge is 0.449 e. The molecule has 0 saturated heterocycles. The fourth-order valence-electron chi connectivity index (χ4n) is 0.953. The Morgan fingerprint density at radius 2 is 2.07 bits per heavy atom. The zero-order valence-corrected chi connectivity index (χ0v) is 11.2. The van der Waals surface area contributed by atoms with Gasteiger partial charge in [0.1, 0.15) is 0 Å². The summed E-state index contributed by atoms with van der Waals surface area (Å²) in [5, 5.41) is 0. The molecule has 0 N–H and O–H groups in total. The number of nitrogens with zero attached hydrogens (tertiary/aromatic N) is 1. The van der Waals surface area contributed by atoms with Crippen molar-refractivity contribution in [3.05, 3.63) is 0 Å². The molecule has 4 heteroatoms. The van der Waals surface area contributed by atoms with Gasteiger partial charge in [-0.3, -0.25) is 0 Å². The second kappa shape index (κ2) is 9.55. The molecule has 14 heavy (non-hydrogen) atoms. The van der Waals surface area contributed by atoms with Crippen LogP contribution in [0.3, 0.4) is 0 Å². The highest BCUT2D eigenvalue weighted by atomic mass is 127. The molecule has 0 heterocycles. The van der Waals surface area contributed by atoms with Gasteiger partial charge in [0.15, 0.2) is 0 Å². The van der Waals surface area contributed by atoms with Crippen molar-refractivity contribution in [1.82, 2.24) is 4.90 Å². The number of alkyl halides is 1. The Balaban J connectivity index is 3.42. The van der Waals surface area contributed by atoms with Crippen molar-refractivity contribution >= 4 is 28.7 Å². The number of hydrogen-bond donors (Lipinski definition) is 0. The lowest BCUT2D eigenvalue weighted by molar-refractivity contribution is 0.109. The lowest BCUT2D eigenvalue weighted by Crippen LogP contribution is -2.28. The molecule has 0 aliphatic carbocycles. The van der Waals surface area contributed by atoms with Crippen LogP contribution in [-0.4, -0.2) is 35.6 Å². The molecule has 0 fully saturated rings. The smallest absolute Gasteiger partial charge is 0.409 e. The van der Waals surface area contributed by atoms with E-state index in [-0.39, 0.29) is 6.09 Å². The summed E-state index contributed by atoms with van der Waals surface area (Å²) in [6.45, 7) is 3.46. The van der Waals surface area contributed by atoms with E-state index in [9.17, 15) is 4.79 Å². The summed E-state index contributed by atoms with van der Waals surface area (Å²) in [5.74, 6) is 0. The quantitative estimate of drug-likeness (QED) is 0.411. The lowest BCUT2D eigenvalue weighted by Gasteiger charge is -2.16. The highest BCUT2D eigenvalue weighted by molar-refractivity contribution is 14.1. The van der Waals surface area contributed by atoms with Crippen LogP contribution in [0.1, 0.15) is 32.6 Å². The molecule has 0 atom stereocenters. The number of hydrogen-bond acceptors (Lipinski definition) is 2. The van der Waals surface area contributed by atoms with E-state index in [1.54, 1.807) is 11.9 Å². The van der Waals surface area contributed by atoms with Gasteiger partial charge in [0.25, 0.3) is 0 Å². The van der Waals surface area contributed by atoms with E-state index in [0.717, 1.165) is 36.7 Å². The van der Waals surface area contributed by atoms with E-state index in [4.69, 9.17) is 4.74 Å². The summed E-state index contributed by atoms with van der Waals surface area (Å²) in [6.07, 6.45) is 4.04. The van der Waals surface area contributed by atoms with Crippen LogP contribution in [0.15, 0.2) is 0 Å². The Morgan fingerprint density at radius 3 is 2.64 bits per heavy atom. The Morgan fingerprint density at radius 1 is 1.36 bits per heavy atom. The molecule has 0 rings (SSSR count). The molecule has 84 valence electrons. The predicted molar refractivity (Wildman–Crippen MR) is 67.0 cm³/mol. The zero-order valence-electron chi connectivity index (χ0n) is 9.09. The number of carbonyl (C=O) groups is 1. The van der Waals surface area contributed by atoms with E-state index in [1.165, 1.54) is 0 Å². The van der Waals surface area contributed by atoms with Gasteiger partial charge < -0.3 is 9.64 Å². The highest BCUT2D eigenvalue weighted by Gasteiger charge is 2.07. The molecule has 0 aromatic heterocycles. The molecule has 0 bridgehead atoms. The highest BCUT2D eigenvalue weighted by Crippen LogP contribution is 1.98. The van der Waals surface area contributed by atoms with Crippen molar-refractivity contribution in [2.45, 2.75) is 32.6 Å². The molecule has 0 saturated carbocycles. The van der Waals surface area contributed by atoms with Crippen LogP contribution in [0.2, 0.25) is 0 Å². The third kappa shape index (κ3) is 7.41. The first-order chi connectivity index (χ1) is 6.72. The standard InChI is InChI=1S/C10H20INO2/c1-3-4-8-12(2)10(13)14-9-6-5-7-11/h3-9H2,1-2H3.